The van der Waals surface area contributed by atoms with Gasteiger partial charge in [0, 0.05) is 36.5 Å². The zero-order chi connectivity index (χ0) is 30.2. The third-order valence-corrected chi connectivity index (χ3v) is 7.61. The van der Waals surface area contributed by atoms with Gasteiger partial charge in [-0.15, -0.1) is 12.4 Å². The molecule has 0 bridgehead atoms. The van der Waals surface area contributed by atoms with Gasteiger partial charge in [-0.1, -0.05) is 78.9 Å². The minimum absolute atomic E-state index is 0. The number of aromatic nitrogens is 1. The summed E-state index contributed by atoms with van der Waals surface area (Å²) in [4.78, 5) is 56.7. The molecule has 4 atom stereocenters. The number of nitrogens with two attached hydrogens (primary N) is 1. The van der Waals surface area contributed by atoms with Gasteiger partial charge >= 0.3 is 0 Å². The van der Waals surface area contributed by atoms with E-state index < -0.39 is 47.8 Å². The van der Waals surface area contributed by atoms with E-state index in [-0.39, 0.29) is 38.2 Å². The highest BCUT2D eigenvalue weighted by Gasteiger charge is 2.31. The summed E-state index contributed by atoms with van der Waals surface area (Å²) in [6.45, 7) is 0.128. The molecular weight excluding hydrogens is 580 g/mol. The molecule has 1 fully saturated rings. The average Bonchev–Trinajstić information content (AvgIpc) is 3.42. The van der Waals surface area contributed by atoms with E-state index in [1.54, 1.807) is 6.20 Å². The van der Waals surface area contributed by atoms with Gasteiger partial charge in [-0.2, -0.15) is 0 Å². The number of rotatable bonds is 6. The fraction of sp³-hybridized carbons (Fsp3) is 0.273. The molecule has 1 aliphatic rings. The van der Waals surface area contributed by atoms with E-state index in [1.807, 2.05) is 84.9 Å². The van der Waals surface area contributed by atoms with Gasteiger partial charge in [-0.3, -0.25) is 19.2 Å². The lowest BCUT2D eigenvalue weighted by atomic mass is 10.0. The van der Waals surface area contributed by atoms with E-state index in [4.69, 9.17) is 5.73 Å². The first-order valence-corrected chi connectivity index (χ1v) is 14.4. The molecule has 2 heterocycles. The van der Waals surface area contributed by atoms with E-state index in [1.165, 1.54) is 0 Å². The number of carbonyl (C=O) groups is 4. The van der Waals surface area contributed by atoms with Gasteiger partial charge in [0.05, 0.1) is 18.5 Å². The van der Waals surface area contributed by atoms with Crippen molar-refractivity contribution in [3.63, 3.8) is 0 Å². The maximum absolute atomic E-state index is 13.8. The van der Waals surface area contributed by atoms with Crippen molar-refractivity contribution >= 4 is 46.9 Å². The fourth-order valence-corrected chi connectivity index (χ4v) is 5.32. The molecule has 1 aromatic heterocycles. The maximum atomic E-state index is 13.8. The highest BCUT2D eigenvalue weighted by molar-refractivity contribution is 5.95. The van der Waals surface area contributed by atoms with Crippen LogP contribution in [-0.2, 0) is 38.4 Å². The van der Waals surface area contributed by atoms with Crippen LogP contribution >= 0.6 is 12.4 Å². The lowest BCUT2D eigenvalue weighted by molar-refractivity contribution is -0.133. The Morgan fingerprint density at radius 2 is 1.23 bits per heavy atom. The van der Waals surface area contributed by atoms with Gasteiger partial charge in [0.15, 0.2) is 0 Å². The predicted octanol–water partition coefficient (Wildman–Crippen LogP) is 1.92. The van der Waals surface area contributed by atoms with Crippen molar-refractivity contribution in [1.82, 2.24) is 26.3 Å². The van der Waals surface area contributed by atoms with Gasteiger partial charge < -0.3 is 32.0 Å². The highest BCUT2D eigenvalue weighted by atomic mass is 35.5. The van der Waals surface area contributed by atoms with Crippen LogP contribution in [0.3, 0.4) is 0 Å². The van der Waals surface area contributed by atoms with E-state index in [9.17, 15) is 19.2 Å². The minimum Gasteiger partial charge on any atom is -0.361 e. The summed E-state index contributed by atoms with van der Waals surface area (Å²) >= 11 is 0. The largest absolute Gasteiger partial charge is 0.361 e. The zero-order valence-corrected chi connectivity index (χ0v) is 24.9. The molecule has 10 nitrogen and oxygen atoms in total. The van der Waals surface area contributed by atoms with Crippen LogP contribution in [0.1, 0.15) is 23.1 Å². The molecule has 11 heteroatoms. The lowest BCUT2D eigenvalue weighted by Crippen LogP contribution is -2.59. The van der Waals surface area contributed by atoms with Gasteiger partial charge in [-0.25, -0.2) is 0 Å². The third kappa shape index (κ3) is 8.46. The number of amides is 4. The number of halogens is 1. The molecule has 7 N–H and O–H groups in total. The molecule has 0 spiro atoms. The zero-order valence-electron chi connectivity index (χ0n) is 24.1. The lowest BCUT2D eigenvalue weighted by Gasteiger charge is -2.27. The monoisotopic (exact) mass is 616 g/mol. The quantitative estimate of drug-likeness (QED) is 0.195. The molecule has 230 valence electrons. The van der Waals surface area contributed by atoms with Crippen molar-refractivity contribution in [2.45, 2.75) is 49.9 Å². The Hall–Kier alpha value is -4.67. The highest BCUT2D eigenvalue weighted by Crippen LogP contribution is 2.19. The molecule has 0 aliphatic carbocycles. The molecule has 0 radical (unpaired) electrons. The SMILES string of the molecule is Cl.N[C@H]1CC(=O)NC[C@@H](Cc2ccccc2)NC(=O)[C@H](Cc2ccccc2)NC(=O)[C@H](Cc2c[nH]c3ccccc23)NC1=O. The van der Waals surface area contributed by atoms with E-state index >= 15 is 0 Å². The smallest absolute Gasteiger partial charge is 0.243 e. The van der Waals surface area contributed by atoms with Crippen molar-refractivity contribution in [3.05, 3.63) is 108 Å². The summed E-state index contributed by atoms with van der Waals surface area (Å²) < 4.78 is 0. The van der Waals surface area contributed by atoms with E-state index in [0.29, 0.717) is 6.42 Å². The van der Waals surface area contributed by atoms with Crippen molar-refractivity contribution in [1.29, 1.82) is 0 Å². The van der Waals surface area contributed by atoms with E-state index in [0.717, 1.165) is 27.6 Å². The standard InChI is InChI=1S/C33H36N6O4.ClH/c34-26-18-30(40)36-20-24(15-21-9-3-1-4-10-21)37-32(42)28(16-22-11-5-2-6-12-22)39-33(43)29(38-31(26)41)17-23-19-35-27-14-8-7-13-25(23)27;/h1-14,19,24,26,28-29,35H,15-18,20,34H2,(H,36,40)(H,37,42)(H,38,41)(H,39,43);1H/t24-,26+,28+,29+;/m1./s1. The molecule has 44 heavy (non-hydrogen) atoms. The molecule has 1 aliphatic heterocycles. The molecular formula is C33H37ClN6O4. The van der Waals surface area contributed by atoms with Crippen LogP contribution in [0.25, 0.3) is 10.9 Å². The molecule has 5 rings (SSSR count). The molecule has 4 aromatic rings. The Kier molecular flexibility index (Phi) is 11.1. The Morgan fingerprint density at radius 3 is 1.93 bits per heavy atom. The van der Waals surface area contributed by atoms with E-state index in [2.05, 4.69) is 26.3 Å². The number of para-hydroxylation sites is 1. The second kappa shape index (κ2) is 15.2. The Morgan fingerprint density at radius 1 is 0.659 bits per heavy atom. The Balaban J connectivity index is 0.00000442. The first-order valence-electron chi connectivity index (χ1n) is 14.4. The summed E-state index contributed by atoms with van der Waals surface area (Å²) in [6.07, 6.45) is 2.36. The number of fused-ring (bicyclic) bond motifs is 1. The topological polar surface area (TPSA) is 158 Å². The predicted molar refractivity (Wildman–Crippen MR) is 171 cm³/mol. The maximum Gasteiger partial charge on any atom is 0.243 e. The number of carbonyl (C=O) groups excluding carboxylic acids is 4. The molecule has 4 amide bonds. The number of aromatic amines is 1. The van der Waals surface area contributed by atoms with Gasteiger partial charge in [0.2, 0.25) is 23.6 Å². The van der Waals surface area contributed by atoms with Crippen molar-refractivity contribution in [2.75, 3.05) is 6.54 Å². The van der Waals surface area contributed by atoms with Crippen molar-refractivity contribution in [2.24, 2.45) is 5.73 Å². The van der Waals surface area contributed by atoms with Crippen molar-refractivity contribution in [3.8, 4) is 0 Å². The van der Waals surface area contributed by atoms with Crippen molar-refractivity contribution < 1.29 is 19.2 Å². The number of hydrogen-bond donors (Lipinski definition) is 6. The van der Waals surface area contributed by atoms with Gasteiger partial charge in [0.1, 0.15) is 12.1 Å². The number of nitrogens with one attached hydrogen (secondary N) is 5. The Bertz CT molecular complexity index is 1580. The van der Waals surface area contributed by atoms with Crippen LogP contribution in [-0.4, -0.2) is 59.3 Å². The van der Waals surface area contributed by atoms with Crippen LogP contribution in [0.15, 0.2) is 91.1 Å². The van der Waals surface area contributed by atoms with Crippen LogP contribution < -0.4 is 27.0 Å². The third-order valence-electron chi connectivity index (χ3n) is 7.61. The summed E-state index contributed by atoms with van der Waals surface area (Å²) in [6, 6.07) is 23.0. The second-order valence-electron chi connectivity index (χ2n) is 10.9. The fourth-order valence-electron chi connectivity index (χ4n) is 5.32. The van der Waals surface area contributed by atoms with Crippen LogP contribution in [0.4, 0.5) is 0 Å². The molecule has 0 saturated carbocycles. The summed E-state index contributed by atoms with van der Waals surface area (Å²) in [5.41, 5.74) is 9.66. The normalized spacial score (nSPS) is 21.7. The van der Waals surface area contributed by atoms with Crippen LogP contribution in [0.2, 0.25) is 0 Å². The van der Waals surface area contributed by atoms with Crippen LogP contribution in [0, 0.1) is 0 Å². The second-order valence-corrected chi connectivity index (χ2v) is 10.9. The average molecular weight is 617 g/mol. The molecule has 0 unspecified atom stereocenters. The molecule has 1 saturated heterocycles. The summed E-state index contributed by atoms with van der Waals surface area (Å²) in [5, 5.41) is 12.4. The van der Waals surface area contributed by atoms with Crippen LogP contribution in [0.5, 0.6) is 0 Å². The first kappa shape index (κ1) is 32.2. The minimum atomic E-state index is -1.16. The Labute approximate surface area is 262 Å². The number of hydrogen-bond acceptors (Lipinski definition) is 5. The van der Waals surface area contributed by atoms with Gasteiger partial charge in [-0.05, 0) is 29.2 Å². The van der Waals surface area contributed by atoms with Gasteiger partial charge in [0.25, 0.3) is 0 Å². The number of benzene rings is 3. The summed E-state index contributed by atoms with van der Waals surface area (Å²) in [7, 11) is 0. The molecule has 3 aromatic carbocycles. The summed E-state index contributed by atoms with van der Waals surface area (Å²) in [5.74, 6) is -1.97. The first-order chi connectivity index (χ1) is 20.9. The number of H-pyrrole nitrogens is 1.